The van der Waals surface area contributed by atoms with Gasteiger partial charge < -0.3 is 4.90 Å². The van der Waals surface area contributed by atoms with Gasteiger partial charge in [-0.1, -0.05) is 6.92 Å². The van der Waals surface area contributed by atoms with Gasteiger partial charge in [-0.3, -0.25) is 15.2 Å². The molecule has 8 nitrogen and oxygen atoms in total. The molecule has 1 N–H and O–H groups in total. The van der Waals surface area contributed by atoms with E-state index in [2.05, 4.69) is 20.4 Å². The van der Waals surface area contributed by atoms with Crippen molar-refractivity contribution in [1.29, 1.82) is 0 Å². The molecular formula is C21H24FN7O. The SMILES string of the molecule is CCN1NC(=O)c2cnn3ccc(nc23)N2CCC[C@@H]2c2cc(F)cnc2C[C@H]1C. The lowest BCUT2D eigenvalue weighted by Gasteiger charge is -2.30. The highest BCUT2D eigenvalue weighted by Gasteiger charge is 2.32. The number of hydrogen-bond donors (Lipinski definition) is 1. The molecular weight excluding hydrogens is 385 g/mol. The number of carbonyl (C=O) groups is 1. The number of hydrogen-bond acceptors (Lipinski definition) is 6. The zero-order valence-corrected chi connectivity index (χ0v) is 17.0. The summed E-state index contributed by atoms with van der Waals surface area (Å²) >= 11 is 0. The summed E-state index contributed by atoms with van der Waals surface area (Å²) in [6.45, 7) is 5.46. The number of anilines is 1. The van der Waals surface area contributed by atoms with Crippen molar-refractivity contribution in [3.8, 4) is 0 Å². The second-order valence-electron chi connectivity index (χ2n) is 7.93. The number of carbonyl (C=O) groups excluding carboxylic acids is 1. The number of amides is 1. The molecule has 30 heavy (non-hydrogen) atoms. The van der Waals surface area contributed by atoms with Crippen molar-refractivity contribution in [1.82, 2.24) is 30.0 Å². The van der Waals surface area contributed by atoms with E-state index in [4.69, 9.17) is 4.98 Å². The van der Waals surface area contributed by atoms with Crippen molar-refractivity contribution >= 4 is 17.4 Å². The maximum Gasteiger partial charge on any atom is 0.271 e. The Bertz CT molecular complexity index is 1110. The van der Waals surface area contributed by atoms with E-state index in [0.29, 0.717) is 24.2 Å². The third kappa shape index (κ3) is 3.09. The Hall–Kier alpha value is -3.07. The first kappa shape index (κ1) is 18.9. The molecule has 0 saturated carbocycles. The van der Waals surface area contributed by atoms with Gasteiger partial charge >= 0.3 is 0 Å². The van der Waals surface area contributed by atoms with E-state index in [1.807, 2.05) is 31.1 Å². The molecule has 0 unspecified atom stereocenters. The molecule has 1 amide bonds. The zero-order chi connectivity index (χ0) is 20.8. The fourth-order valence-corrected chi connectivity index (χ4v) is 4.57. The van der Waals surface area contributed by atoms with Crippen LogP contribution in [-0.4, -0.2) is 49.6 Å². The number of rotatable bonds is 1. The van der Waals surface area contributed by atoms with Crippen LogP contribution in [0.25, 0.3) is 5.65 Å². The molecule has 2 atom stereocenters. The number of nitrogens with one attached hydrogen (secondary N) is 1. The second kappa shape index (κ2) is 7.32. The fourth-order valence-electron chi connectivity index (χ4n) is 4.57. The quantitative estimate of drug-likeness (QED) is 0.665. The Morgan fingerprint density at radius 3 is 3.03 bits per heavy atom. The lowest BCUT2D eigenvalue weighted by molar-refractivity contribution is 0.0719. The van der Waals surface area contributed by atoms with E-state index in [-0.39, 0.29) is 23.8 Å². The van der Waals surface area contributed by atoms with Gasteiger partial charge in [-0.25, -0.2) is 18.9 Å². The van der Waals surface area contributed by atoms with Crippen LogP contribution in [-0.2, 0) is 6.42 Å². The van der Waals surface area contributed by atoms with Gasteiger partial charge in [0, 0.05) is 37.4 Å². The van der Waals surface area contributed by atoms with Gasteiger partial charge in [0.05, 0.1) is 18.4 Å². The van der Waals surface area contributed by atoms with Gasteiger partial charge in [-0.2, -0.15) is 5.10 Å². The van der Waals surface area contributed by atoms with Crippen molar-refractivity contribution in [3.63, 3.8) is 0 Å². The van der Waals surface area contributed by atoms with E-state index in [9.17, 15) is 9.18 Å². The van der Waals surface area contributed by atoms with Crippen LogP contribution in [0, 0.1) is 5.82 Å². The third-order valence-electron chi connectivity index (χ3n) is 6.08. The number of likely N-dealkylation sites (N-methyl/N-ethyl adjacent to an activating group) is 1. The molecule has 2 aliphatic heterocycles. The highest BCUT2D eigenvalue weighted by Crippen LogP contribution is 2.37. The Morgan fingerprint density at radius 1 is 1.33 bits per heavy atom. The van der Waals surface area contributed by atoms with Gasteiger partial charge in [0.1, 0.15) is 17.2 Å². The lowest BCUT2D eigenvalue weighted by atomic mass is 9.98. The molecule has 0 aliphatic carbocycles. The van der Waals surface area contributed by atoms with Crippen molar-refractivity contribution in [2.45, 2.75) is 45.2 Å². The summed E-state index contributed by atoms with van der Waals surface area (Å²) in [5.74, 6) is 0.182. The minimum Gasteiger partial charge on any atom is -0.349 e. The van der Waals surface area contributed by atoms with Gasteiger partial charge in [0.15, 0.2) is 5.65 Å². The van der Waals surface area contributed by atoms with Crippen molar-refractivity contribution in [2.75, 3.05) is 18.0 Å². The van der Waals surface area contributed by atoms with Crippen LogP contribution in [0.5, 0.6) is 0 Å². The summed E-state index contributed by atoms with van der Waals surface area (Å²) in [5, 5.41) is 6.17. The van der Waals surface area contributed by atoms with Crippen LogP contribution in [0.2, 0.25) is 0 Å². The number of pyridine rings is 1. The monoisotopic (exact) mass is 409 g/mol. The molecule has 5 heterocycles. The van der Waals surface area contributed by atoms with Crippen LogP contribution in [0.1, 0.15) is 54.3 Å². The number of halogens is 1. The zero-order valence-electron chi connectivity index (χ0n) is 17.0. The van der Waals surface area contributed by atoms with E-state index >= 15 is 0 Å². The van der Waals surface area contributed by atoms with Crippen LogP contribution >= 0.6 is 0 Å². The molecule has 5 rings (SSSR count). The van der Waals surface area contributed by atoms with Crippen LogP contribution < -0.4 is 10.3 Å². The predicted molar refractivity (Wildman–Crippen MR) is 110 cm³/mol. The first-order valence-electron chi connectivity index (χ1n) is 10.4. The first-order valence-corrected chi connectivity index (χ1v) is 10.4. The molecule has 0 spiro atoms. The summed E-state index contributed by atoms with van der Waals surface area (Å²) < 4.78 is 15.8. The van der Waals surface area contributed by atoms with E-state index < -0.39 is 0 Å². The fraction of sp³-hybridized carbons (Fsp3) is 0.429. The summed E-state index contributed by atoms with van der Waals surface area (Å²) in [4.78, 5) is 24.4. The molecule has 156 valence electrons. The average Bonchev–Trinajstić information content (AvgIpc) is 3.39. The number of fused-ring (bicyclic) bond motifs is 5. The molecule has 1 saturated heterocycles. The molecule has 2 bridgehead atoms. The molecule has 3 aromatic rings. The molecule has 2 aliphatic rings. The van der Waals surface area contributed by atoms with Crippen molar-refractivity contribution in [2.24, 2.45) is 0 Å². The van der Waals surface area contributed by atoms with Gasteiger partial charge in [0.2, 0.25) is 0 Å². The Labute approximate surface area is 173 Å². The van der Waals surface area contributed by atoms with Crippen molar-refractivity contribution < 1.29 is 9.18 Å². The Morgan fingerprint density at radius 2 is 2.20 bits per heavy atom. The first-order chi connectivity index (χ1) is 14.5. The maximum atomic E-state index is 14.2. The Balaban J connectivity index is 1.70. The van der Waals surface area contributed by atoms with E-state index in [1.54, 1.807) is 16.8 Å². The smallest absolute Gasteiger partial charge is 0.271 e. The van der Waals surface area contributed by atoms with Crippen LogP contribution in [0.15, 0.2) is 30.7 Å². The minimum absolute atomic E-state index is 0.00351. The number of nitrogens with zero attached hydrogens (tertiary/aromatic N) is 6. The molecule has 3 aromatic heterocycles. The number of hydrazine groups is 1. The third-order valence-corrected chi connectivity index (χ3v) is 6.08. The molecule has 1 fully saturated rings. The standard InChI is InChI=1S/C21H24FN7O/c1-3-28-13(2)9-17-15(10-14(22)11-23-17)18-5-4-7-27(18)19-6-8-29-20(25-19)16(12-24-29)21(30)26-28/h6,8,10-13,18H,3-5,7,9H2,1-2H3,(H,26,30)/t13-,18-/m1/s1. The van der Waals surface area contributed by atoms with E-state index in [1.165, 1.54) is 6.20 Å². The highest BCUT2D eigenvalue weighted by atomic mass is 19.1. The Kier molecular flexibility index (Phi) is 4.62. The molecule has 9 heteroatoms. The number of aromatic nitrogens is 4. The summed E-state index contributed by atoms with van der Waals surface area (Å²) in [6, 6.07) is 3.48. The van der Waals surface area contributed by atoms with Gasteiger partial charge in [-0.15, -0.1) is 0 Å². The van der Waals surface area contributed by atoms with E-state index in [0.717, 1.165) is 36.5 Å². The van der Waals surface area contributed by atoms with Crippen LogP contribution in [0.4, 0.5) is 10.2 Å². The summed E-state index contributed by atoms with van der Waals surface area (Å²) in [5.41, 5.74) is 5.69. The van der Waals surface area contributed by atoms with Crippen molar-refractivity contribution in [3.05, 3.63) is 53.4 Å². The molecule has 0 radical (unpaired) electrons. The van der Waals surface area contributed by atoms with Gasteiger partial charge in [0.25, 0.3) is 5.91 Å². The summed E-state index contributed by atoms with van der Waals surface area (Å²) in [6.07, 6.45) is 7.13. The average molecular weight is 409 g/mol. The maximum absolute atomic E-state index is 14.2. The predicted octanol–water partition coefficient (Wildman–Crippen LogP) is 2.52. The topological polar surface area (TPSA) is 78.7 Å². The van der Waals surface area contributed by atoms with Crippen LogP contribution in [0.3, 0.4) is 0 Å². The largest absolute Gasteiger partial charge is 0.349 e. The van der Waals surface area contributed by atoms with Gasteiger partial charge in [-0.05, 0) is 37.5 Å². The summed E-state index contributed by atoms with van der Waals surface area (Å²) in [7, 11) is 0. The molecule has 0 aromatic carbocycles. The lowest BCUT2D eigenvalue weighted by Crippen LogP contribution is -2.48. The highest BCUT2D eigenvalue weighted by molar-refractivity contribution is 5.99. The second-order valence-corrected chi connectivity index (χ2v) is 7.93. The normalized spacial score (nSPS) is 22.2. The minimum atomic E-state index is -0.334.